The van der Waals surface area contributed by atoms with Crippen molar-refractivity contribution >= 4 is 11.4 Å². The van der Waals surface area contributed by atoms with Gasteiger partial charge in [0.2, 0.25) is 0 Å². The average molecular weight is 274 g/mol. The van der Waals surface area contributed by atoms with Crippen molar-refractivity contribution in [3.63, 3.8) is 0 Å². The van der Waals surface area contributed by atoms with Gasteiger partial charge in [0.25, 0.3) is 0 Å². The normalized spacial score (nSPS) is 17.2. The molecular formula is C18H30N2. The van der Waals surface area contributed by atoms with E-state index >= 15 is 0 Å². The van der Waals surface area contributed by atoms with Crippen LogP contribution >= 0.6 is 0 Å². The van der Waals surface area contributed by atoms with Gasteiger partial charge in [0.1, 0.15) is 0 Å². The lowest BCUT2D eigenvalue weighted by Crippen LogP contribution is -2.33. The van der Waals surface area contributed by atoms with Crippen molar-refractivity contribution < 1.29 is 0 Å². The number of hydrogen-bond acceptors (Lipinski definition) is 2. The summed E-state index contributed by atoms with van der Waals surface area (Å²) in [7, 11) is 0. The summed E-state index contributed by atoms with van der Waals surface area (Å²) in [5.74, 6) is 1.83. The van der Waals surface area contributed by atoms with Gasteiger partial charge in [0, 0.05) is 24.5 Å². The zero-order valence-corrected chi connectivity index (χ0v) is 13.7. The van der Waals surface area contributed by atoms with E-state index in [0.717, 1.165) is 11.6 Å². The minimum atomic E-state index is 0.483. The molecule has 20 heavy (non-hydrogen) atoms. The van der Waals surface area contributed by atoms with Crippen LogP contribution in [0.5, 0.6) is 0 Å². The molecule has 1 aromatic rings. The summed E-state index contributed by atoms with van der Waals surface area (Å²) in [6.45, 7) is 13.7. The fourth-order valence-corrected chi connectivity index (χ4v) is 3.09. The number of anilines is 2. The van der Waals surface area contributed by atoms with Gasteiger partial charge >= 0.3 is 0 Å². The molecule has 1 aromatic carbocycles. The first kappa shape index (κ1) is 15.2. The summed E-state index contributed by atoms with van der Waals surface area (Å²) < 4.78 is 0. The number of piperidine rings is 1. The molecule has 0 aliphatic carbocycles. The number of nitrogen functional groups attached to an aromatic ring is 1. The van der Waals surface area contributed by atoms with E-state index in [0.29, 0.717) is 11.8 Å². The van der Waals surface area contributed by atoms with Gasteiger partial charge in [-0.15, -0.1) is 0 Å². The lowest BCUT2D eigenvalue weighted by molar-refractivity contribution is 0.438. The van der Waals surface area contributed by atoms with E-state index in [1.54, 1.807) is 0 Å². The molecular weight excluding hydrogens is 244 g/mol. The van der Waals surface area contributed by atoms with Crippen molar-refractivity contribution in [1.29, 1.82) is 0 Å². The van der Waals surface area contributed by atoms with Crippen molar-refractivity contribution in [3.05, 3.63) is 23.3 Å². The molecule has 2 heteroatoms. The van der Waals surface area contributed by atoms with Gasteiger partial charge in [-0.25, -0.2) is 0 Å². The standard InChI is InChI=1S/C18H30N2/c1-12(2)16-10-15(11-17(13(3)4)18(16)19)20-8-6-14(5)7-9-20/h10-14H,6-9,19H2,1-5H3. The zero-order chi connectivity index (χ0) is 14.9. The molecule has 0 amide bonds. The zero-order valence-electron chi connectivity index (χ0n) is 13.7. The molecule has 0 unspecified atom stereocenters. The first-order valence-corrected chi connectivity index (χ1v) is 8.08. The first-order chi connectivity index (χ1) is 9.40. The summed E-state index contributed by atoms with van der Waals surface area (Å²) >= 11 is 0. The van der Waals surface area contributed by atoms with Crippen LogP contribution in [0.4, 0.5) is 11.4 Å². The maximum Gasteiger partial charge on any atom is 0.0385 e. The van der Waals surface area contributed by atoms with E-state index < -0.39 is 0 Å². The van der Waals surface area contributed by atoms with E-state index in [4.69, 9.17) is 5.73 Å². The smallest absolute Gasteiger partial charge is 0.0385 e. The SMILES string of the molecule is CC1CCN(c2cc(C(C)C)c(N)c(C(C)C)c2)CC1. The molecule has 1 fully saturated rings. The van der Waals surface area contributed by atoms with Crippen LogP contribution in [0.3, 0.4) is 0 Å². The Hall–Kier alpha value is -1.18. The predicted octanol–water partition coefficient (Wildman–Crippen LogP) is 4.75. The van der Waals surface area contributed by atoms with Crippen molar-refractivity contribution in [1.82, 2.24) is 0 Å². The van der Waals surface area contributed by atoms with Gasteiger partial charge in [-0.1, -0.05) is 34.6 Å². The lowest BCUT2D eigenvalue weighted by Gasteiger charge is -2.33. The Morgan fingerprint density at radius 2 is 1.45 bits per heavy atom. The van der Waals surface area contributed by atoms with Crippen LogP contribution < -0.4 is 10.6 Å². The maximum absolute atomic E-state index is 6.39. The summed E-state index contributed by atoms with van der Waals surface area (Å²) in [5, 5.41) is 0. The summed E-state index contributed by atoms with van der Waals surface area (Å²) in [6, 6.07) is 4.64. The third-order valence-corrected chi connectivity index (χ3v) is 4.62. The third-order valence-electron chi connectivity index (χ3n) is 4.62. The summed E-state index contributed by atoms with van der Waals surface area (Å²) in [5.41, 5.74) is 11.4. The Kier molecular flexibility index (Phi) is 4.62. The molecule has 0 aromatic heterocycles. The van der Waals surface area contributed by atoms with E-state index in [2.05, 4.69) is 51.7 Å². The number of nitrogens with two attached hydrogens (primary N) is 1. The molecule has 0 radical (unpaired) electrons. The number of benzene rings is 1. The molecule has 0 spiro atoms. The topological polar surface area (TPSA) is 29.3 Å². The molecule has 0 atom stereocenters. The van der Waals surface area contributed by atoms with Gasteiger partial charge in [0.15, 0.2) is 0 Å². The first-order valence-electron chi connectivity index (χ1n) is 8.08. The molecule has 112 valence electrons. The van der Waals surface area contributed by atoms with Gasteiger partial charge in [-0.3, -0.25) is 0 Å². The van der Waals surface area contributed by atoms with Crippen LogP contribution in [0.2, 0.25) is 0 Å². The monoisotopic (exact) mass is 274 g/mol. The maximum atomic E-state index is 6.39. The molecule has 2 nitrogen and oxygen atoms in total. The minimum Gasteiger partial charge on any atom is -0.398 e. The van der Waals surface area contributed by atoms with Crippen LogP contribution in [0.25, 0.3) is 0 Å². The highest BCUT2D eigenvalue weighted by Crippen LogP contribution is 2.35. The van der Waals surface area contributed by atoms with Gasteiger partial charge in [-0.05, 0) is 53.9 Å². The van der Waals surface area contributed by atoms with E-state index in [1.807, 2.05) is 0 Å². The molecule has 0 bridgehead atoms. The Labute approximate surface area is 124 Å². The lowest BCUT2D eigenvalue weighted by atomic mass is 9.91. The minimum absolute atomic E-state index is 0.483. The number of rotatable bonds is 3. The quantitative estimate of drug-likeness (QED) is 0.806. The second-order valence-electron chi connectivity index (χ2n) is 7.02. The predicted molar refractivity (Wildman–Crippen MR) is 89.6 cm³/mol. The van der Waals surface area contributed by atoms with Crippen LogP contribution in [0.15, 0.2) is 12.1 Å². The fraction of sp³-hybridized carbons (Fsp3) is 0.667. The van der Waals surface area contributed by atoms with Gasteiger partial charge in [0.05, 0.1) is 0 Å². The molecule has 1 saturated heterocycles. The van der Waals surface area contributed by atoms with Crippen molar-refractivity contribution in [2.75, 3.05) is 23.7 Å². The van der Waals surface area contributed by atoms with E-state index in [-0.39, 0.29) is 0 Å². The highest BCUT2D eigenvalue weighted by atomic mass is 15.1. The van der Waals surface area contributed by atoms with Gasteiger partial charge < -0.3 is 10.6 Å². The highest BCUT2D eigenvalue weighted by Gasteiger charge is 2.20. The molecule has 2 N–H and O–H groups in total. The average Bonchev–Trinajstić information content (AvgIpc) is 2.39. The Morgan fingerprint density at radius 1 is 1.00 bits per heavy atom. The molecule has 0 saturated carbocycles. The van der Waals surface area contributed by atoms with Crippen molar-refractivity contribution in [3.8, 4) is 0 Å². The van der Waals surface area contributed by atoms with Gasteiger partial charge in [-0.2, -0.15) is 0 Å². The van der Waals surface area contributed by atoms with Crippen molar-refractivity contribution in [2.45, 2.75) is 59.3 Å². The van der Waals surface area contributed by atoms with Crippen LogP contribution in [0, 0.1) is 5.92 Å². The molecule has 1 aliphatic heterocycles. The molecule has 1 aliphatic rings. The van der Waals surface area contributed by atoms with Crippen LogP contribution in [-0.2, 0) is 0 Å². The second-order valence-corrected chi connectivity index (χ2v) is 7.02. The van der Waals surface area contributed by atoms with E-state index in [1.165, 1.54) is 42.7 Å². The summed E-state index contributed by atoms with van der Waals surface area (Å²) in [4.78, 5) is 2.54. The van der Waals surface area contributed by atoms with Crippen LogP contribution in [-0.4, -0.2) is 13.1 Å². The second kappa shape index (κ2) is 6.07. The third kappa shape index (κ3) is 3.11. The fourth-order valence-electron chi connectivity index (χ4n) is 3.09. The Bertz CT molecular complexity index is 425. The number of nitrogens with zero attached hydrogens (tertiary/aromatic N) is 1. The Balaban J connectivity index is 2.38. The molecule has 2 rings (SSSR count). The number of hydrogen-bond donors (Lipinski definition) is 1. The summed E-state index contributed by atoms with van der Waals surface area (Å²) in [6.07, 6.45) is 2.61. The van der Waals surface area contributed by atoms with Crippen molar-refractivity contribution in [2.24, 2.45) is 5.92 Å². The largest absolute Gasteiger partial charge is 0.398 e. The van der Waals surface area contributed by atoms with E-state index in [9.17, 15) is 0 Å². The Morgan fingerprint density at radius 3 is 1.85 bits per heavy atom. The van der Waals surface area contributed by atoms with Crippen LogP contribution in [0.1, 0.15) is 70.4 Å². The molecule has 1 heterocycles. The highest BCUT2D eigenvalue weighted by molar-refractivity contribution is 5.65.